The topological polar surface area (TPSA) is 17.3 Å². The van der Waals surface area contributed by atoms with Gasteiger partial charge in [0.05, 0.1) is 5.69 Å². The van der Waals surface area contributed by atoms with E-state index in [1.807, 2.05) is 6.92 Å². The zero-order valence-corrected chi connectivity index (χ0v) is 23.2. The third-order valence-electron chi connectivity index (χ3n) is 8.80. The fraction of sp³-hybridized carbons (Fsp3) is 0.0250. The van der Waals surface area contributed by atoms with Crippen molar-refractivity contribution in [3.63, 3.8) is 0 Å². The predicted molar refractivity (Wildman–Crippen MR) is 176 cm³/mol. The molecule has 0 N–H and O–H groups in total. The molecule has 196 valence electrons. The molecule has 1 aliphatic rings. The van der Waals surface area contributed by atoms with Crippen molar-refractivity contribution in [1.29, 1.82) is 0 Å². The standard InChI is InChI=1S/C40H26N2/c1-25-23-42-24-28(19-22-35(42)41-25)29-20-21-34-38-30(29)17-10-18-33(38)39-36(26-11-4-2-5-12-26)31-15-8-9-16-32(31)37(40(34)39)27-13-6-3-7-14-27/h2-24H,1H3. The van der Waals surface area contributed by atoms with E-state index in [0.717, 1.165) is 11.3 Å². The first-order valence-corrected chi connectivity index (χ1v) is 14.5. The Hall–Kier alpha value is -5.47. The summed E-state index contributed by atoms with van der Waals surface area (Å²) in [6.07, 6.45) is 4.30. The van der Waals surface area contributed by atoms with Crippen molar-refractivity contribution in [2.75, 3.05) is 0 Å². The molecule has 0 atom stereocenters. The molecule has 2 heteroatoms. The number of imidazole rings is 1. The van der Waals surface area contributed by atoms with Gasteiger partial charge in [-0.2, -0.15) is 0 Å². The number of rotatable bonds is 3. The summed E-state index contributed by atoms with van der Waals surface area (Å²) < 4.78 is 2.14. The molecule has 0 fully saturated rings. The number of pyridine rings is 1. The molecule has 42 heavy (non-hydrogen) atoms. The normalized spacial score (nSPS) is 11.9. The lowest BCUT2D eigenvalue weighted by Gasteiger charge is -2.20. The highest BCUT2D eigenvalue weighted by atomic mass is 15.0. The highest BCUT2D eigenvalue weighted by molar-refractivity contribution is 6.28. The minimum atomic E-state index is 0.973. The smallest absolute Gasteiger partial charge is 0.136 e. The summed E-state index contributed by atoms with van der Waals surface area (Å²) in [5, 5.41) is 5.18. The van der Waals surface area contributed by atoms with Crippen LogP contribution < -0.4 is 0 Å². The first kappa shape index (κ1) is 23.3. The minimum absolute atomic E-state index is 0.973. The first-order valence-electron chi connectivity index (χ1n) is 14.5. The lowest BCUT2D eigenvalue weighted by Crippen LogP contribution is -1.93. The van der Waals surface area contributed by atoms with Crippen molar-refractivity contribution < 1.29 is 0 Å². The van der Waals surface area contributed by atoms with Gasteiger partial charge in [-0.25, -0.2) is 4.98 Å². The number of aromatic nitrogens is 2. The Kier molecular flexibility index (Phi) is 4.85. The van der Waals surface area contributed by atoms with Crippen LogP contribution >= 0.6 is 0 Å². The van der Waals surface area contributed by atoms with E-state index in [0.29, 0.717) is 0 Å². The van der Waals surface area contributed by atoms with Crippen molar-refractivity contribution >= 4 is 27.2 Å². The van der Waals surface area contributed by atoms with Gasteiger partial charge in [-0.15, -0.1) is 0 Å². The molecule has 0 saturated heterocycles. The van der Waals surface area contributed by atoms with Gasteiger partial charge in [0.2, 0.25) is 0 Å². The van der Waals surface area contributed by atoms with E-state index in [2.05, 4.69) is 149 Å². The van der Waals surface area contributed by atoms with Crippen LogP contribution in [-0.4, -0.2) is 9.38 Å². The fourth-order valence-electron chi connectivity index (χ4n) is 7.14. The number of benzene rings is 6. The Morgan fingerprint density at radius 2 is 1.00 bits per heavy atom. The van der Waals surface area contributed by atoms with Gasteiger partial charge in [0.15, 0.2) is 0 Å². The van der Waals surface area contributed by atoms with Gasteiger partial charge in [-0.3, -0.25) is 0 Å². The molecule has 8 aromatic rings. The number of hydrogen-bond donors (Lipinski definition) is 0. The van der Waals surface area contributed by atoms with Crippen LogP contribution in [0.25, 0.3) is 82.8 Å². The number of hydrogen-bond acceptors (Lipinski definition) is 1. The summed E-state index contributed by atoms with van der Waals surface area (Å²) >= 11 is 0. The minimum Gasteiger partial charge on any atom is -0.306 e. The van der Waals surface area contributed by atoms with Gasteiger partial charge < -0.3 is 4.40 Å². The van der Waals surface area contributed by atoms with Crippen LogP contribution in [0.15, 0.2) is 140 Å². The van der Waals surface area contributed by atoms with Crippen molar-refractivity contribution in [1.82, 2.24) is 9.38 Å². The maximum absolute atomic E-state index is 4.64. The summed E-state index contributed by atoms with van der Waals surface area (Å²) in [6.45, 7) is 2.04. The zero-order chi connectivity index (χ0) is 27.8. The van der Waals surface area contributed by atoms with E-state index in [9.17, 15) is 0 Å². The molecule has 0 spiro atoms. The van der Waals surface area contributed by atoms with E-state index in [4.69, 9.17) is 0 Å². The van der Waals surface area contributed by atoms with Crippen LogP contribution in [0.3, 0.4) is 0 Å². The Morgan fingerprint density at radius 1 is 0.429 bits per heavy atom. The van der Waals surface area contributed by atoms with Gasteiger partial charge in [0.1, 0.15) is 5.65 Å². The number of fused-ring (bicyclic) bond motifs is 5. The second kappa shape index (κ2) is 8.76. The maximum atomic E-state index is 4.64. The lowest BCUT2D eigenvalue weighted by molar-refractivity contribution is 1.19. The summed E-state index contributed by atoms with van der Waals surface area (Å²) in [5.41, 5.74) is 14.8. The second-order valence-electron chi connectivity index (χ2n) is 11.2. The zero-order valence-electron chi connectivity index (χ0n) is 23.2. The van der Waals surface area contributed by atoms with Gasteiger partial charge >= 0.3 is 0 Å². The Morgan fingerprint density at radius 3 is 1.67 bits per heavy atom. The molecular formula is C40H26N2. The molecule has 0 amide bonds. The largest absolute Gasteiger partial charge is 0.306 e. The average molecular weight is 535 g/mol. The summed E-state index contributed by atoms with van der Waals surface area (Å²) in [7, 11) is 0. The molecule has 9 rings (SSSR count). The van der Waals surface area contributed by atoms with E-state index in [1.165, 1.54) is 77.2 Å². The molecular weight excluding hydrogens is 508 g/mol. The second-order valence-corrected chi connectivity index (χ2v) is 11.2. The average Bonchev–Trinajstić information content (AvgIpc) is 3.58. The first-order chi connectivity index (χ1) is 20.8. The molecule has 0 radical (unpaired) electrons. The van der Waals surface area contributed by atoms with Gasteiger partial charge in [-0.05, 0) is 96.2 Å². The molecule has 2 heterocycles. The van der Waals surface area contributed by atoms with E-state index >= 15 is 0 Å². The van der Waals surface area contributed by atoms with Crippen LogP contribution in [0.4, 0.5) is 0 Å². The molecule has 0 bridgehead atoms. The third kappa shape index (κ3) is 3.24. The monoisotopic (exact) mass is 534 g/mol. The van der Waals surface area contributed by atoms with Crippen molar-refractivity contribution in [2.45, 2.75) is 6.92 Å². The van der Waals surface area contributed by atoms with Gasteiger partial charge in [-0.1, -0.05) is 115 Å². The summed E-state index contributed by atoms with van der Waals surface area (Å²) in [5.74, 6) is 0. The molecule has 6 aromatic carbocycles. The molecule has 2 aromatic heterocycles. The lowest BCUT2D eigenvalue weighted by atomic mass is 9.82. The summed E-state index contributed by atoms with van der Waals surface area (Å²) in [6, 6.07) is 46.6. The SMILES string of the molecule is Cc1cn2cc(-c3ccc4c5c(cccc35)-c3c-4c(-c4ccccc4)c4ccccc4c3-c3ccccc3)ccc2n1. The highest BCUT2D eigenvalue weighted by Gasteiger charge is 2.31. The summed E-state index contributed by atoms with van der Waals surface area (Å²) in [4.78, 5) is 4.64. The molecule has 0 aliphatic heterocycles. The van der Waals surface area contributed by atoms with Crippen molar-refractivity contribution in [2.24, 2.45) is 0 Å². The number of aryl methyl sites for hydroxylation is 1. The van der Waals surface area contributed by atoms with E-state index < -0.39 is 0 Å². The molecule has 2 nitrogen and oxygen atoms in total. The van der Waals surface area contributed by atoms with Crippen LogP contribution in [0.5, 0.6) is 0 Å². The Labute approximate surface area is 244 Å². The van der Waals surface area contributed by atoms with Crippen LogP contribution in [0.1, 0.15) is 5.69 Å². The third-order valence-corrected chi connectivity index (χ3v) is 8.80. The molecule has 0 unspecified atom stereocenters. The predicted octanol–water partition coefficient (Wildman–Crippen LogP) is 10.6. The maximum Gasteiger partial charge on any atom is 0.136 e. The van der Waals surface area contributed by atoms with Crippen molar-refractivity contribution in [3.8, 4) is 55.6 Å². The molecule has 1 aliphatic carbocycles. The van der Waals surface area contributed by atoms with Crippen LogP contribution in [-0.2, 0) is 0 Å². The van der Waals surface area contributed by atoms with E-state index in [-0.39, 0.29) is 0 Å². The molecule has 0 saturated carbocycles. The van der Waals surface area contributed by atoms with Crippen LogP contribution in [0, 0.1) is 6.92 Å². The fourth-order valence-corrected chi connectivity index (χ4v) is 7.14. The van der Waals surface area contributed by atoms with Gasteiger partial charge in [0.25, 0.3) is 0 Å². The van der Waals surface area contributed by atoms with Gasteiger partial charge in [0, 0.05) is 12.4 Å². The number of nitrogens with zero attached hydrogens (tertiary/aromatic N) is 2. The van der Waals surface area contributed by atoms with Crippen molar-refractivity contribution in [3.05, 3.63) is 145 Å². The van der Waals surface area contributed by atoms with Crippen LogP contribution in [0.2, 0.25) is 0 Å². The highest BCUT2D eigenvalue weighted by Crippen LogP contribution is 2.58. The quantitative estimate of drug-likeness (QED) is 0.220. The Bertz CT molecular complexity index is 2250. The van der Waals surface area contributed by atoms with E-state index in [1.54, 1.807) is 0 Å². The Balaban J connectivity index is 1.43.